The Bertz CT molecular complexity index is 1020. The second kappa shape index (κ2) is 9.24. The van der Waals surface area contributed by atoms with Gasteiger partial charge in [-0.25, -0.2) is 4.98 Å². The quantitative estimate of drug-likeness (QED) is 0.698. The molecular weight excluding hydrogens is 406 g/mol. The van der Waals surface area contributed by atoms with Gasteiger partial charge in [-0.2, -0.15) is 0 Å². The molecule has 1 aromatic heterocycles. The number of fused-ring (bicyclic) bond motifs is 1. The molecule has 2 amide bonds. The first kappa shape index (κ1) is 23.7. The van der Waals surface area contributed by atoms with Gasteiger partial charge in [0.2, 0.25) is 5.91 Å². The number of carbonyl (C=O) groups excluding carboxylic acids is 3. The maximum atomic E-state index is 13.4. The zero-order valence-electron chi connectivity index (χ0n) is 19.8. The molecule has 0 unspecified atom stereocenters. The van der Waals surface area contributed by atoms with Crippen LogP contribution in [0.3, 0.4) is 0 Å². The number of rotatable bonds is 5. The number of benzene rings is 1. The number of imidazole rings is 1. The molecule has 1 atom stereocenters. The number of aromatic nitrogens is 2. The molecule has 1 aliphatic rings. The molecule has 0 saturated carbocycles. The number of nitrogens with one attached hydrogen (secondary N) is 2. The van der Waals surface area contributed by atoms with Gasteiger partial charge in [0.1, 0.15) is 11.9 Å². The van der Waals surface area contributed by atoms with Gasteiger partial charge in [0, 0.05) is 31.3 Å². The second-order valence-corrected chi connectivity index (χ2v) is 9.49. The molecule has 2 aromatic rings. The fraction of sp³-hybridized carbons (Fsp3) is 0.500. The fourth-order valence-electron chi connectivity index (χ4n) is 4.00. The molecule has 1 aliphatic heterocycles. The maximum absolute atomic E-state index is 13.4. The number of likely N-dealkylation sites (N-methyl/N-ethyl adjacent to an activating group) is 1. The molecule has 0 saturated heterocycles. The minimum absolute atomic E-state index is 0.00242. The molecule has 2 N–H and O–H groups in total. The fourth-order valence-corrected chi connectivity index (χ4v) is 4.00. The van der Waals surface area contributed by atoms with E-state index in [1.807, 2.05) is 40.0 Å². The minimum atomic E-state index is -0.695. The van der Waals surface area contributed by atoms with Crippen LogP contribution in [0.4, 0.5) is 0 Å². The first-order valence-corrected chi connectivity index (χ1v) is 10.9. The molecule has 0 fully saturated rings. The van der Waals surface area contributed by atoms with Crippen LogP contribution in [-0.2, 0) is 17.9 Å². The lowest BCUT2D eigenvalue weighted by Crippen LogP contribution is -2.53. The van der Waals surface area contributed by atoms with Crippen LogP contribution in [0.5, 0.6) is 0 Å². The van der Waals surface area contributed by atoms with Crippen molar-refractivity contribution in [3.63, 3.8) is 0 Å². The van der Waals surface area contributed by atoms with Crippen molar-refractivity contribution in [2.75, 3.05) is 20.6 Å². The van der Waals surface area contributed by atoms with E-state index < -0.39 is 11.5 Å². The average Bonchev–Trinajstić information content (AvgIpc) is 2.97. The Morgan fingerprint density at radius 2 is 1.75 bits per heavy atom. The molecular formula is C24H33N5O3. The third kappa shape index (κ3) is 4.91. The second-order valence-electron chi connectivity index (χ2n) is 9.49. The van der Waals surface area contributed by atoms with E-state index >= 15 is 0 Å². The predicted octanol–water partition coefficient (Wildman–Crippen LogP) is 2.48. The minimum Gasteiger partial charge on any atom is -0.357 e. The Kier molecular flexibility index (Phi) is 6.83. The maximum Gasteiger partial charge on any atom is 0.272 e. The summed E-state index contributed by atoms with van der Waals surface area (Å²) in [5.74, 6) is 0.0953. The average molecular weight is 440 g/mol. The summed E-state index contributed by atoms with van der Waals surface area (Å²) in [6, 6.07) is 6.60. The van der Waals surface area contributed by atoms with Gasteiger partial charge in [-0.3, -0.25) is 14.4 Å². The van der Waals surface area contributed by atoms with Crippen molar-refractivity contribution in [3.05, 3.63) is 41.2 Å². The van der Waals surface area contributed by atoms with Crippen LogP contribution in [0.15, 0.2) is 24.3 Å². The zero-order valence-corrected chi connectivity index (χ0v) is 19.8. The molecule has 0 aliphatic carbocycles. The van der Waals surface area contributed by atoms with E-state index in [0.717, 1.165) is 30.8 Å². The Morgan fingerprint density at radius 1 is 1.09 bits per heavy atom. The van der Waals surface area contributed by atoms with Gasteiger partial charge in [-0.15, -0.1) is 0 Å². The Morgan fingerprint density at radius 3 is 2.31 bits per heavy atom. The summed E-state index contributed by atoms with van der Waals surface area (Å²) in [6.07, 6.45) is 0.933. The van der Waals surface area contributed by atoms with Crippen LogP contribution in [0.25, 0.3) is 11.4 Å². The smallest absolute Gasteiger partial charge is 0.272 e. The first-order valence-electron chi connectivity index (χ1n) is 10.9. The number of hydrogen-bond donors (Lipinski definition) is 2. The van der Waals surface area contributed by atoms with Crippen molar-refractivity contribution in [1.29, 1.82) is 0 Å². The van der Waals surface area contributed by atoms with Crippen LogP contribution in [-0.4, -0.2) is 58.7 Å². The first-order chi connectivity index (χ1) is 15.0. The standard InChI is InChI=1S/C24H33N5O3/c1-15(30)16-8-10-17(11-9-16)21-26-19(18-14-28(6)12-7-13-29(18)21)22(31)27-20(23(32)25-5)24(2,3)4/h8-11,20H,7,12-14H2,1-6H3,(H,25,32)(H,27,31)/t20-/m1/s1. The van der Waals surface area contributed by atoms with Crippen LogP contribution in [0.1, 0.15) is 60.7 Å². The number of carbonyl (C=O) groups is 3. The molecule has 32 heavy (non-hydrogen) atoms. The highest BCUT2D eigenvalue weighted by molar-refractivity contribution is 5.98. The van der Waals surface area contributed by atoms with Gasteiger partial charge in [-0.1, -0.05) is 45.0 Å². The highest BCUT2D eigenvalue weighted by Gasteiger charge is 2.34. The summed E-state index contributed by atoms with van der Waals surface area (Å²) in [7, 11) is 3.59. The van der Waals surface area contributed by atoms with Gasteiger partial charge in [-0.05, 0) is 32.4 Å². The van der Waals surface area contributed by atoms with Crippen LogP contribution >= 0.6 is 0 Å². The van der Waals surface area contributed by atoms with E-state index in [1.165, 1.54) is 6.92 Å². The topological polar surface area (TPSA) is 96.3 Å². The number of ketones is 1. The Balaban J connectivity index is 2.05. The number of hydrogen-bond acceptors (Lipinski definition) is 5. The van der Waals surface area contributed by atoms with E-state index in [4.69, 9.17) is 4.98 Å². The van der Waals surface area contributed by atoms with E-state index in [-0.39, 0.29) is 17.6 Å². The normalized spacial score (nSPS) is 15.4. The summed E-state index contributed by atoms with van der Waals surface area (Å²) in [6.45, 7) is 9.51. The van der Waals surface area contributed by atoms with Crippen molar-refractivity contribution in [2.45, 2.75) is 53.2 Å². The van der Waals surface area contributed by atoms with Crippen LogP contribution in [0.2, 0.25) is 0 Å². The van der Waals surface area contributed by atoms with Gasteiger partial charge >= 0.3 is 0 Å². The van der Waals surface area contributed by atoms with Crippen molar-refractivity contribution < 1.29 is 14.4 Å². The van der Waals surface area contributed by atoms with Crippen molar-refractivity contribution in [1.82, 2.24) is 25.1 Å². The Hall–Kier alpha value is -3.00. The lowest BCUT2D eigenvalue weighted by Gasteiger charge is -2.29. The highest BCUT2D eigenvalue weighted by atomic mass is 16.2. The number of nitrogens with zero attached hydrogens (tertiary/aromatic N) is 3. The SMILES string of the molecule is CNC(=O)[C@@H](NC(=O)c1nc(-c2ccc(C(C)=O)cc2)n2c1CN(C)CCC2)C(C)(C)C. The molecule has 8 nitrogen and oxygen atoms in total. The third-order valence-corrected chi connectivity index (χ3v) is 5.83. The van der Waals surface area contributed by atoms with E-state index in [2.05, 4.69) is 20.1 Å². The largest absolute Gasteiger partial charge is 0.357 e. The molecule has 8 heteroatoms. The molecule has 1 aromatic carbocycles. The number of amides is 2. The highest BCUT2D eigenvalue weighted by Crippen LogP contribution is 2.27. The molecule has 2 heterocycles. The predicted molar refractivity (Wildman–Crippen MR) is 123 cm³/mol. The monoisotopic (exact) mass is 439 g/mol. The summed E-state index contributed by atoms with van der Waals surface area (Å²) in [5.41, 5.74) is 2.18. The van der Waals surface area contributed by atoms with Gasteiger partial charge in [0.25, 0.3) is 5.91 Å². The summed E-state index contributed by atoms with van der Waals surface area (Å²) < 4.78 is 2.09. The van der Waals surface area contributed by atoms with Gasteiger partial charge in [0.05, 0.1) is 5.69 Å². The molecule has 0 bridgehead atoms. The van der Waals surface area contributed by atoms with Crippen molar-refractivity contribution >= 4 is 17.6 Å². The Labute approximate surface area is 189 Å². The van der Waals surface area contributed by atoms with E-state index in [0.29, 0.717) is 23.6 Å². The summed E-state index contributed by atoms with van der Waals surface area (Å²) >= 11 is 0. The third-order valence-electron chi connectivity index (χ3n) is 5.83. The molecule has 0 spiro atoms. The molecule has 3 rings (SSSR count). The summed E-state index contributed by atoms with van der Waals surface area (Å²) in [4.78, 5) is 44.4. The summed E-state index contributed by atoms with van der Waals surface area (Å²) in [5, 5.41) is 5.55. The lowest BCUT2D eigenvalue weighted by molar-refractivity contribution is -0.124. The van der Waals surface area contributed by atoms with Gasteiger partial charge in [0.15, 0.2) is 11.5 Å². The van der Waals surface area contributed by atoms with Crippen LogP contribution in [0, 0.1) is 5.41 Å². The van der Waals surface area contributed by atoms with Crippen LogP contribution < -0.4 is 10.6 Å². The molecule has 0 radical (unpaired) electrons. The van der Waals surface area contributed by atoms with Crippen molar-refractivity contribution in [2.24, 2.45) is 5.41 Å². The van der Waals surface area contributed by atoms with Gasteiger partial charge < -0.3 is 20.1 Å². The molecule has 172 valence electrons. The van der Waals surface area contributed by atoms with Crippen molar-refractivity contribution in [3.8, 4) is 11.4 Å². The number of Topliss-reactive ketones (excluding diaryl/α,β-unsaturated/α-hetero) is 1. The van der Waals surface area contributed by atoms with E-state index in [9.17, 15) is 14.4 Å². The van der Waals surface area contributed by atoms with E-state index in [1.54, 1.807) is 19.2 Å². The lowest BCUT2D eigenvalue weighted by atomic mass is 9.86. The zero-order chi connectivity index (χ0) is 23.6.